The molecule has 84 valence electrons. The molecule has 1 aliphatic rings. The Morgan fingerprint density at radius 1 is 1.53 bits per heavy atom. The summed E-state index contributed by atoms with van der Waals surface area (Å²) < 4.78 is 24.4. The number of nitrogens with zero attached hydrogens (tertiary/aromatic N) is 3. The number of hydrogen-bond acceptors (Lipinski definition) is 5. The summed E-state index contributed by atoms with van der Waals surface area (Å²) in [5, 5.41) is 4.15. The Hall–Kier alpha value is -1.11. The second kappa shape index (κ2) is 2.94. The molecule has 2 heterocycles. The van der Waals surface area contributed by atoms with Gasteiger partial charge in [-0.1, -0.05) is 0 Å². The van der Waals surface area contributed by atoms with Gasteiger partial charge in [-0.25, -0.2) is 13.1 Å². The van der Waals surface area contributed by atoms with Crippen molar-refractivity contribution in [1.29, 1.82) is 0 Å². The molecule has 2 rings (SSSR count). The molecule has 0 radical (unpaired) electrons. The quantitative estimate of drug-likeness (QED) is 0.715. The maximum Gasteiger partial charge on any atom is 0.219 e. The predicted octanol–water partition coefficient (Wildman–Crippen LogP) is -0.298. The Kier molecular flexibility index (Phi) is 2.04. The summed E-state index contributed by atoms with van der Waals surface area (Å²) in [5.74, 6) is 1.14. The van der Waals surface area contributed by atoms with Gasteiger partial charge in [0.25, 0.3) is 0 Å². The van der Waals surface area contributed by atoms with Crippen molar-refractivity contribution in [2.24, 2.45) is 0 Å². The van der Waals surface area contributed by atoms with Gasteiger partial charge in [0.1, 0.15) is 5.82 Å². The van der Waals surface area contributed by atoms with E-state index in [9.17, 15) is 8.42 Å². The maximum atomic E-state index is 11.4. The fourth-order valence-electron chi connectivity index (χ4n) is 1.99. The average molecular weight is 230 g/mol. The van der Waals surface area contributed by atoms with Crippen LogP contribution in [0.2, 0.25) is 0 Å². The molecule has 0 aliphatic carbocycles. The number of nitrogen functional groups attached to an aromatic ring is 1. The van der Waals surface area contributed by atoms with Crippen LogP contribution >= 0.6 is 0 Å². The van der Waals surface area contributed by atoms with Gasteiger partial charge in [0.05, 0.1) is 17.0 Å². The van der Waals surface area contributed by atoms with E-state index >= 15 is 0 Å². The molecule has 1 atom stereocenters. The molecule has 0 bridgehead atoms. The number of aromatic nitrogens is 3. The number of sulfone groups is 1. The highest BCUT2D eigenvalue weighted by molar-refractivity contribution is 7.91. The van der Waals surface area contributed by atoms with Gasteiger partial charge in [0.2, 0.25) is 5.95 Å². The van der Waals surface area contributed by atoms with Gasteiger partial charge in [-0.05, 0) is 20.3 Å². The van der Waals surface area contributed by atoms with Crippen molar-refractivity contribution in [2.75, 3.05) is 17.2 Å². The van der Waals surface area contributed by atoms with Crippen LogP contribution in [0.5, 0.6) is 0 Å². The number of hydrogen-bond donors (Lipinski definition) is 1. The van der Waals surface area contributed by atoms with Crippen LogP contribution in [0.3, 0.4) is 0 Å². The first kappa shape index (κ1) is 10.4. The Balaban J connectivity index is 2.44. The predicted molar refractivity (Wildman–Crippen MR) is 56.1 cm³/mol. The molecule has 1 aromatic heterocycles. The normalized spacial score (nSPS) is 29.5. The summed E-state index contributed by atoms with van der Waals surface area (Å²) in [6, 6.07) is 0. The first-order valence-electron chi connectivity index (χ1n) is 4.72. The third-order valence-electron chi connectivity index (χ3n) is 2.73. The minimum atomic E-state index is -2.95. The van der Waals surface area contributed by atoms with Gasteiger partial charge in [-0.15, -0.1) is 0 Å². The molecule has 7 heteroatoms. The lowest BCUT2D eigenvalue weighted by Crippen LogP contribution is -2.33. The van der Waals surface area contributed by atoms with Crippen molar-refractivity contribution in [3.05, 3.63) is 5.82 Å². The first-order chi connectivity index (χ1) is 6.82. The average Bonchev–Trinajstić information content (AvgIpc) is 2.54. The van der Waals surface area contributed by atoms with E-state index in [0.717, 1.165) is 0 Å². The van der Waals surface area contributed by atoms with E-state index in [1.807, 2.05) is 6.92 Å². The van der Waals surface area contributed by atoms with E-state index in [2.05, 4.69) is 10.1 Å². The molecule has 2 N–H and O–H groups in total. The summed E-state index contributed by atoms with van der Waals surface area (Å²) in [4.78, 5) is 3.98. The van der Waals surface area contributed by atoms with Gasteiger partial charge in [-0.3, -0.25) is 0 Å². The van der Waals surface area contributed by atoms with Crippen molar-refractivity contribution < 1.29 is 8.42 Å². The SMILES string of the molecule is Cc1nc(N)n(C2(C)CCS(=O)(=O)C2)n1. The Bertz CT molecular complexity index is 493. The highest BCUT2D eigenvalue weighted by atomic mass is 32.2. The van der Waals surface area contributed by atoms with Crippen molar-refractivity contribution in [2.45, 2.75) is 25.8 Å². The monoisotopic (exact) mass is 230 g/mol. The molecule has 1 unspecified atom stereocenters. The van der Waals surface area contributed by atoms with Crippen LogP contribution in [-0.2, 0) is 15.4 Å². The number of nitrogens with two attached hydrogens (primary N) is 1. The van der Waals surface area contributed by atoms with Gasteiger partial charge in [-0.2, -0.15) is 10.1 Å². The zero-order valence-corrected chi connectivity index (χ0v) is 9.58. The molecule has 1 aliphatic heterocycles. The molecule has 0 aromatic carbocycles. The van der Waals surface area contributed by atoms with Crippen LogP contribution in [0.15, 0.2) is 0 Å². The largest absolute Gasteiger partial charge is 0.368 e. The van der Waals surface area contributed by atoms with Crippen LogP contribution in [0.25, 0.3) is 0 Å². The summed E-state index contributed by atoms with van der Waals surface area (Å²) in [6.45, 7) is 3.59. The van der Waals surface area contributed by atoms with Crippen LogP contribution < -0.4 is 5.73 Å². The second-order valence-electron chi connectivity index (χ2n) is 4.27. The lowest BCUT2D eigenvalue weighted by Gasteiger charge is -2.22. The molecular weight excluding hydrogens is 216 g/mol. The number of rotatable bonds is 1. The van der Waals surface area contributed by atoms with Crippen LogP contribution in [0, 0.1) is 6.92 Å². The van der Waals surface area contributed by atoms with Gasteiger partial charge in [0, 0.05) is 0 Å². The van der Waals surface area contributed by atoms with Gasteiger partial charge < -0.3 is 5.73 Å². The zero-order valence-electron chi connectivity index (χ0n) is 8.77. The molecular formula is C8H14N4O2S. The van der Waals surface area contributed by atoms with Crippen LogP contribution in [-0.4, -0.2) is 34.7 Å². The molecule has 0 amide bonds. The maximum absolute atomic E-state index is 11.4. The fraction of sp³-hybridized carbons (Fsp3) is 0.750. The van der Waals surface area contributed by atoms with Gasteiger partial charge in [0.15, 0.2) is 9.84 Å². The Labute approximate surface area is 88.4 Å². The lowest BCUT2D eigenvalue weighted by molar-refractivity contribution is 0.332. The van der Waals surface area contributed by atoms with E-state index in [0.29, 0.717) is 12.2 Å². The first-order valence-corrected chi connectivity index (χ1v) is 6.55. The number of aryl methyl sites for hydroxylation is 1. The van der Waals surface area contributed by atoms with E-state index < -0.39 is 15.4 Å². The summed E-state index contributed by atoms with van der Waals surface area (Å²) in [7, 11) is -2.95. The standard InChI is InChI=1S/C8H14N4O2S/c1-6-10-7(9)12(11-6)8(2)3-4-15(13,14)5-8/h3-5H2,1-2H3,(H2,9,10,11). The van der Waals surface area contributed by atoms with Crippen LogP contribution in [0.1, 0.15) is 19.2 Å². The zero-order chi connectivity index (χ0) is 11.3. The summed E-state index contributed by atoms with van der Waals surface area (Å²) in [6.07, 6.45) is 0.544. The van der Waals surface area contributed by atoms with Crippen molar-refractivity contribution in [3.8, 4) is 0 Å². The summed E-state index contributed by atoms with van der Waals surface area (Å²) in [5.41, 5.74) is 5.15. The highest BCUT2D eigenvalue weighted by Gasteiger charge is 2.41. The Morgan fingerprint density at radius 3 is 2.60 bits per heavy atom. The molecule has 1 fully saturated rings. The lowest BCUT2D eigenvalue weighted by atomic mass is 10.0. The smallest absolute Gasteiger partial charge is 0.219 e. The molecule has 1 aromatic rings. The Morgan fingerprint density at radius 2 is 2.20 bits per heavy atom. The van der Waals surface area contributed by atoms with Crippen molar-refractivity contribution >= 4 is 15.8 Å². The number of anilines is 1. The molecule has 0 spiro atoms. The van der Waals surface area contributed by atoms with Crippen molar-refractivity contribution in [3.63, 3.8) is 0 Å². The summed E-state index contributed by atoms with van der Waals surface area (Å²) >= 11 is 0. The third kappa shape index (κ3) is 1.71. The molecule has 15 heavy (non-hydrogen) atoms. The molecule has 1 saturated heterocycles. The molecule has 6 nitrogen and oxygen atoms in total. The van der Waals surface area contributed by atoms with Gasteiger partial charge >= 0.3 is 0 Å². The van der Waals surface area contributed by atoms with Crippen LogP contribution in [0.4, 0.5) is 5.95 Å². The fourth-order valence-corrected chi connectivity index (χ4v) is 4.10. The van der Waals surface area contributed by atoms with E-state index in [4.69, 9.17) is 5.73 Å². The highest BCUT2D eigenvalue weighted by Crippen LogP contribution is 2.31. The third-order valence-corrected chi connectivity index (χ3v) is 4.62. The second-order valence-corrected chi connectivity index (χ2v) is 6.45. The van der Waals surface area contributed by atoms with E-state index in [1.54, 1.807) is 6.92 Å². The van der Waals surface area contributed by atoms with E-state index in [1.165, 1.54) is 4.68 Å². The molecule has 0 saturated carbocycles. The van der Waals surface area contributed by atoms with E-state index in [-0.39, 0.29) is 17.5 Å². The minimum Gasteiger partial charge on any atom is -0.368 e. The topological polar surface area (TPSA) is 90.9 Å². The minimum absolute atomic E-state index is 0.0903. The van der Waals surface area contributed by atoms with Crippen molar-refractivity contribution in [1.82, 2.24) is 14.8 Å².